The van der Waals surface area contributed by atoms with Crippen LogP contribution in [0.2, 0.25) is 0 Å². The van der Waals surface area contributed by atoms with Crippen LogP contribution in [-0.4, -0.2) is 5.91 Å². The highest BCUT2D eigenvalue weighted by Crippen LogP contribution is 2.23. The molecule has 0 unspecified atom stereocenters. The summed E-state index contributed by atoms with van der Waals surface area (Å²) in [5.74, 6) is -0.0248. The average Bonchev–Trinajstić information content (AvgIpc) is 2.82. The highest BCUT2D eigenvalue weighted by atomic mass is 79.9. The molecule has 88 valence electrons. The van der Waals surface area contributed by atoms with E-state index < -0.39 is 0 Å². The van der Waals surface area contributed by atoms with Gasteiger partial charge < -0.3 is 5.32 Å². The van der Waals surface area contributed by atoms with Crippen LogP contribution in [0.1, 0.15) is 28.2 Å². The Morgan fingerprint density at radius 2 is 2.06 bits per heavy atom. The maximum atomic E-state index is 11.9. The molecule has 17 heavy (non-hydrogen) atoms. The Balaban J connectivity index is 2.10. The van der Waals surface area contributed by atoms with Gasteiger partial charge in [0.15, 0.2) is 0 Å². The molecule has 2 aromatic rings. The summed E-state index contributed by atoms with van der Waals surface area (Å²) >= 11 is 4.94. The molecule has 1 amide bonds. The lowest BCUT2D eigenvalue weighted by Gasteiger charge is -2.15. The Hall–Kier alpha value is -1.13. The molecular formula is C13H12BrNOS. The van der Waals surface area contributed by atoms with E-state index in [1.807, 2.05) is 48.7 Å². The second-order valence-corrected chi connectivity index (χ2v) is 5.50. The molecule has 0 saturated carbocycles. The van der Waals surface area contributed by atoms with Gasteiger partial charge in [0.05, 0.1) is 10.9 Å². The number of carbonyl (C=O) groups excluding carboxylic acids is 1. The van der Waals surface area contributed by atoms with E-state index in [4.69, 9.17) is 0 Å². The lowest BCUT2D eigenvalue weighted by Crippen LogP contribution is -2.26. The third-order valence-electron chi connectivity index (χ3n) is 2.46. The summed E-state index contributed by atoms with van der Waals surface area (Å²) in [6.45, 7) is 1.98. The third kappa shape index (κ3) is 2.96. The molecule has 1 atom stereocenters. The van der Waals surface area contributed by atoms with Crippen LogP contribution < -0.4 is 5.32 Å². The van der Waals surface area contributed by atoms with E-state index in [1.54, 1.807) is 0 Å². The van der Waals surface area contributed by atoms with Gasteiger partial charge in [-0.3, -0.25) is 4.79 Å². The molecule has 0 aliphatic carbocycles. The van der Waals surface area contributed by atoms with E-state index in [1.165, 1.54) is 11.3 Å². The van der Waals surface area contributed by atoms with E-state index in [-0.39, 0.29) is 11.9 Å². The molecule has 4 heteroatoms. The minimum Gasteiger partial charge on any atom is -0.345 e. The number of amides is 1. The van der Waals surface area contributed by atoms with Gasteiger partial charge >= 0.3 is 0 Å². The third-order valence-corrected chi connectivity index (χ3v) is 4.06. The van der Waals surface area contributed by atoms with Crippen LogP contribution in [-0.2, 0) is 0 Å². The van der Waals surface area contributed by atoms with Crippen molar-refractivity contribution in [2.45, 2.75) is 13.0 Å². The first kappa shape index (κ1) is 12.3. The van der Waals surface area contributed by atoms with Crippen molar-refractivity contribution >= 4 is 33.2 Å². The topological polar surface area (TPSA) is 29.1 Å². The monoisotopic (exact) mass is 309 g/mol. The van der Waals surface area contributed by atoms with E-state index in [0.717, 1.165) is 14.9 Å². The predicted octanol–water partition coefficient (Wildman–Crippen LogP) is 4.00. The minimum atomic E-state index is -0.0248. The summed E-state index contributed by atoms with van der Waals surface area (Å²) in [6, 6.07) is 11.6. The van der Waals surface area contributed by atoms with E-state index in [0.29, 0.717) is 0 Å². The average molecular weight is 310 g/mol. The van der Waals surface area contributed by atoms with Gasteiger partial charge in [0.25, 0.3) is 5.91 Å². The van der Waals surface area contributed by atoms with E-state index in [9.17, 15) is 4.79 Å². The first-order valence-corrected chi connectivity index (χ1v) is 6.94. The van der Waals surface area contributed by atoms with Gasteiger partial charge in [0.2, 0.25) is 0 Å². The number of thiophene rings is 1. The van der Waals surface area contributed by atoms with Crippen molar-refractivity contribution in [1.82, 2.24) is 5.32 Å². The minimum absolute atomic E-state index is 0.0137. The molecule has 2 rings (SSSR count). The van der Waals surface area contributed by atoms with Crippen molar-refractivity contribution < 1.29 is 4.79 Å². The number of nitrogens with one attached hydrogen (secondary N) is 1. The molecule has 1 aromatic heterocycles. The molecule has 0 fully saturated rings. The largest absolute Gasteiger partial charge is 0.345 e. The molecule has 0 spiro atoms. The maximum absolute atomic E-state index is 11.9. The standard InChI is InChI=1S/C13H12BrNOS/c1-9(10-5-2-3-6-11(10)14)15-13(16)12-7-4-8-17-12/h2-9H,1H3,(H,15,16)/t9-/m0/s1. The lowest BCUT2D eigenvalue weighted by atomic mass is 10.1. The SMILES string of the molecule is C[C@H](NC(=O)c1cccs1)c1ccccc1Br. The van der Waals surface area contributed by atoms with E-state index in [2.05, 4.69) is 21.2 Å². The van der Waals surface area contributed by atoms with Gasteiger partial charge in [-0.1, -0.05) is 40.2 Å². The van der Waals surface area contributed by atoms with Gasteiger partial charge in [-0.25, -0.2) is 0 Å². The zero-order valence-electron chi connectivity index (χ0n) is 9.31. The molecule has 1 N–H and O–H groups in total. The molecule has 0 bridgehead atoms. The number of hydrogen-bond acceptors (Lipinski definition) is 2. The Kier molecular flexibility index (Phi) is 3.97. The summed E-state index contributed by atoms with van der Waals surface area (Å²) < 4.78 is 1.01. The van der Waals surface area contributed by atoms with Crippen molar-refractivity contribution in [2.75, 3.05) is 0 Å². The van der Waals surface area contributed by atoms with Crippen LogP contribution in [0.25, 0.3) is 0 Å². The van der Waals surface area contributed by atoms with Crippen LogP contribution >= 0.6 is 27.3 Å². The molecule has 0 saturated heterocycles. The number of benzene rings is 1. The summed E-state index contributed by atoms with van der Waals surface area (Å²) in [6.07, 6.45) is 0. The van der Waals surface area contributed by atoms with Gasteiger partial charge in [-0.05, 0) is 30.0 Å². The highest BCUT2D eigenvalue weighted by molar-refractivity contribution is 9.10. The lowest BCUT2D eigenvalue weighted by molar-refractivity contribution is 0.0944. The molecular weight excluding hydrogens is 298 g/mol. The quantitative estimate of drug-likeness (QED) is 0.912. The molecule has 0 aliphatic heterocycles. The van der Waals surface area contributed by atoms with Crippen LogP contribution in [0, 0.1) is 0 Å². The zero-order valence-corrected chi connectivity index (χ0v) is 11.7. The number of halogens is 1. The smallest absolute Gasteiger partial charge is 0.261 e. The van der Waals surface area contributed by atoms with Crippen LogP contribution in [0.3, 0.4) is 0 Å². The summed E-state index contributed by atoms with van der Waals surface area (Å²) in [5.41, 5.74) is 1.08. The van der Waals surface area contributed by atoms with Crippen molar-refractivity contribution in [1.29, 1.82) is 0 Å². The fraction of sp³-hybridized carbons (Fsp3) is 0.154. The first-order chi connectivity index (χ1) is 8.18. The Morgan fingerprint density at radius 1 is 1.29 bits per heavy atom. The van der Waals surface area contributed by atoms with Crippen LogP contribution in [0.4, 0.5) is 0 Å². The molecule has 1 heterocycles. The first-order valence-electron chi connectivity index (χ1n) is 5.27. The van der Waals surface area contributed by atoms with E-state index >= 15 is 0 Å². The number of carbonyl (C=O) groups is 1. The Morgan fingerprint density at radius 3 is 2.71 bits per heavy atom. The summed E-state index contributed by atoms with van der Waals surface area (Å²) in [7, 11) is 0. The number of hydrogen-bond donors (Lipinski definition) is 1. The van der Waals surface area contributed by atoms with Crippen molar-refractivity contribution in [3.63, 3.8) is 0 Å². The van der Waals surface area contributed by atoms with Gasteiger partial charge in [0, 0.05) is 4.47 Å². The van der Waals surface area contributed by atoms with Crippen LogP contribution in [0.5, 0.6) is 0 Å². The normalized spacial score (nSPS) is 12.1. The molecule has 0 radical (unpaired) electrons. The van der Waals surface area contributed by atoms with Crippen molar-refractivity contribution in [3.05, 3.63) is 56.7 Å². The second kappa shape index (κ2) is 5.47. The fourth-order valence-electron chi connectivity index (χ4n) is 1.58. The summed E-state index contributed by atoms with van der Waals surface area (Å²) in [5, 5.41) is 4.88. The Labute approximate surface area is 113 Å². The maximum Gasteiger partial charge on any atom is 0.261 e. The number of rotatable bonds is 3. The molecule has 1 aromatic carbocycles. The summed E-state index contributed by atoms with van der Waals surface area (Å²) in [4.78, 5) is 12.6. The molecule has 2 nitrogen and oxygen atoms in total. The highest BCUT2D eigenvalue weighted by Gasteiger charge is 2.13. The Bertz CT molecular complexity index is 510. The van der Waals surface area contributed by atoms with Crippen LogP contribution in [0.15, 0.2) is 46.3 Å². The zero-order chi connectivity index (χ0) is 12.3. The van der Waals surface area contributed by atoms with Crippen molar-refractivity contribution in [3.8, 4) is 0 Å². The van der Waals surface area contributed by atoms with Gasteiger partial charge in [-0.15, -0.1) is 11.3 Å². The molecule has 0 aliphatic rings. The van der Waals surface area contributed by atoms with Crippen molar-refractivity contribution in [2.24, 2.45) is 0 Å². The second-order valence-electron chi connectivity index (χ2n) is 3.69. The fourth-order valence-corrected chi connectivity index (χ4v) is 2.83. The van der Waals surface area contributed by atoms with Gasteiger partial charge in [0.1, 0.15) is 0 Å². The predicted molar refractivity (Wildman–Crippen MR) is 74.3 cm³/mol. The van der Waals surface area contributed by atoms with Gasteiger partial charge in [-0.2, -0.15) is 0 Å².